The molecule has 1 aliphatic rings. The van der Waals surface area contributed by atoms with E-state index in [4.69, 9.17) is 9.47 Å². The molecule has 1 heterocycles. The second kappa shape index (κ2) is 11.1. The topological polar surface area (TPSA) is 84.9 Å². The number of carbonyl (C=O) groups excluding carboxylic acids is 3. The maximum absolute atomic E-state index is 13.8. The molecule has 2 aromatic rings. The third-order valence-electron chi connectivity index (χ3n) is 4.52. The Morgan fingerprint density at radius 2 is 1.88 bits per heavy atom. The number of anilines is 1. The van der Waals surface area contributed by atoms with Crippen LogP contribution in [0.4, 0.5) is 19.3 Å². The van der Waals surface area contributed by atoms with Gasteiger partial charge in [-0.25, -0.2) is 8.78 Å². The first-order chi connectivity index (χ1) is 16.2. The molecule has 0 radical (unpaired) electrons. The van der Waals surface area contributed by atoms with E-state index in [0.29, 0.717) is 54.0 Å². The van der Waals surface area contributed by atoms with E-state index in [2.05, 4.69) is 5.32 Å². The fourth-order valence-electron chi connectivity index (χ4n) is 2.97. The maximum atomic E-state index is 13.8. The number of carbonyl (C=O) groups is 3. The van der Waals surface area contributed by atoms with Crippen LogP contribution >= 0.6 is 11.8 Å². The van der Waals surface area contributed by atoms with Crippen LogP contribution in [0.25, 0.3) is 6.08 Å². The maximum Gasteiger partial charge on any atom is 0.294 e. The summed E-state index contributed by atoms with van der Waals surface area (Å²) >= 11 is 0.690. The number of hydrogen-bond donors (Lipinski definition) is 1. The first-order valence-electron chi connectivity index (χ1n) is 10.6. The van der Waals surface area contributed by atoms with Crippen molar-refractivity contribution in [1.29, 1.82) is 0 Å². The summed E-state index contributed by atoms with van der Waals surface area (Å²) in [4.78, 5) is 38.2. The number of benzene rings is 2. The second-order valence-corrected chi connectivity index (χ2v) is 8.78. The molecule has 34 heavy (non-hydrogen) atoms. The number of nitrogens with one attached hydrogen (secondary N) is 1. The van der Waals surface area contributed by atoms with E-state index in [0.717, 1.165) is 17.0 Å². The van der Waals surface area contributed by atoms with Crippen molar-refractivity contribution < 1.29 is 32.6 Å². The average molecular weight is 491 g/mol. The number of thioether (sulfide) groups is 1. The molecule has 3 amide bonds. The van der Waals surface area contributed by atoms with Crippen molar-refractivity contribution in [3.63, 3.8) is 0 Å². The molecule has 7 nitrogen and oxygen atoms in total. The predicted molar refractivity (Wildman–Crippen MR) is 126 cm³/mol. The third-order valence-corrected chi connectivity index (χ3v) is 5.43. The Morgan fingerprint density at radius 3 is 2.56 bits per heavy atom. The van der Waals surface area contributed by atoms with Crippen molar-refractivity contribution in [3.8, 4) is 11.5 Å². The van der Waals surface area contributed by atoms with Gasteiger partial charge in [-0.05, 0) is 60.5 Å². The average Bonchev–Trinajstić information content (AvgIpc) is 3.02. The lowest BCUT2D eigenvalue weighted by Crippen LogP contribution is -2.36. The highest BCUT2D eigenvalue weighted by Gasteiger charge is 2.36. The van der Waals surface area contributed by atoms with Crippen molar-refractivity contribution >= 4 is 40.6 Å². The quantitative estimate of drug-likeness (QED) is 0.494. The summed E-state index contributed by atoms with van der Waals surface area (Å²) in [5.41, 5.74) is 0.362. The van der Waals surface area contributed by atoms with Gasteiger partial charge in [-0.1, -0.05) is 19.9 Å². The van der Waals surface area contributed by atoms with Gasteiger partial charge in [0, 0.05) is 6.07 Å². The van der Waals surface area contributed by atoms with Crippen LogP contribution < -0.4 is 14.8 Å². The summed E-state index contributed by atoms with van der Waals surface area (Å²) in [6.45, 7) is 6.23. The Kier molecular flexibility index (Phi) is 8.27. The summed E-state index contributed by atoms with van der Waals surface area (Å²) in [6, 6.07) is 7.83. The first-order valence-corrected chi connectivity index (χ1v) is 11.4. The van der Waals surface area contributed by atoms with Gasteiger partial charge in [-0.2, -0.15) is 0 Å². The van der Waals surface area contributed by atoms with Gasteiger partial charge in [0.2, 0.25) is 5.91 Å². The fourth-order valence-corrected chi connectivity index (χ4v) is 3.81. The van der Waals surface area contributed by atoms with Crippen LogP contribution in [0, 0.1) is 17.6 Å². The van der Waals surface area contributed by atoms with Crippen LogP contribution in [0.5, 0.6) is 11.5 Å². The van der Waals surface area contributed by atoms with Gasteiger partial charge in [-0.15, -0.1) is 0 Å². The number of imide groups is 1. The summed E-state index contributed by atoms with van der Waals surface area (Å²) in [6.07, 6.45) is 1.52. The fraction of sp³-hybridized carbons (Fsp3) is 0.292. The molecular weight excluding hydrogens is 466 g/mol. The molecule has 0 aromatic heterocycles. The van der Waals surface area contributed by atoms with Crippen molar-refractivity contribution in [2.75, 3.05) is 25.1 Å². The minimum atomic E-state index is -0.965. The highest BCUT2D eigenvalue weighted by atomic mass is 32.2. The molecule has 0 unspecified atom stereocenters. The van der Waals surface area contributed by atoms with Gasteiger partial charge < -0.3 is 14.8 Å². The van der Waals surface area contributed by atoms with Gasteiger partial charge in [0.1, 0.15) is 18.2 Å². The van der Waals surface area contributed by atoms with Gasteiger partial charge in [0.15, 0.2) is 11.5 Å². The number of ether oxygens (including phenoxy) is 2. The van der Waals surface area contributed by atoms with Crippen molar-refractivity contribution in [2.45, 2.75) is 20.8 Å². The Bertz CT molecular complexity index is 1140. The number of hydrogen-bond acceptors (Lipinski definition) is 6. The lowest BCUT2D eigenvalue weighted by Gasteiger charge is -2.14. The molecule has 0 aliphatic carbocycles. The van der Waals surface area contributed by atoms with E-state index < -0.39 is 35.2 Å². The zero-order valence-electron chi connectivity index (χ0n) is 18.9. The van der Waals surface area contributed by atoms with Crippen LogP contribution in [0.2, 0.25) is 0 Å². The van der Waals surface area contributed by atoms with Crippen molar-refractivity contribution in [2.24, 2.45) is 5.92 Å². The van der Waals surface area contributed by atoms with Crippen LogP contribution in [0.3, 0.4) is 0 Å². The van der Waals surface area contributed by atoms with E-state index in [-0.39, 0.29) is 10.6 Å². The second-order valence-electron chi connectivity index (χ2n) is 7.78. The molecular formula is C24H24F2N2O5S. The molecule has 180 valence electrons. The molecule has 0 saturated carbocycles. The zero-order chi connectivity index (χ0) is 24.8. The number of amides is 3. The normalized spacial score (nSPS) is 14.8. The third kappa shape index (κ3) is 6.34. The molecule has 1 fully saturated rings. The lowest BCUT2D eigenvalue weighted by atomic mass is 10.1. The molecule has 0 spiro atoms. The highest BCUT2D eigenvalue weighted by molar-refractivity contribution is 8.18. The highest BCUT2D eigenvalue weighted by Crippen LogP contribution is 2.35. The smallest absolute Gasteiger partial charge is 0.294 e. The van der Waals surface area contributed by atoms with E-state index in [9.17, 15) is 23.2 Å². The summed E-state index contributed by atoms with van der Waals surface area (Å²) in [5, 5.41) is 1.60. The van der Waals surface area contributed by atoms with E-state index in [1.165, 1.54) is 6.08 Å². The monoisotopic (exact) mass is 490 g/mol. The van der Waals surface area contributed by atoms with Crippen LogP contribution in [0.1, 0.15) is 26.3 Å². The van der Waals surface area contributed by atoms with Crippen LogP contribution in [-0.4, -0.2) is 41.7 Å². The molecule has 0 bridgehead atoms. The van der Waals surface area contributed by atoms with Gasteiger partial charge in [0.25, 0.3) is 11.1 Å². The minimum Gasteiger partial charge on any atom is -0.490 e. The van der Waals surface area contributed by atoms with Gasteiger partial charge in [0.05, 0.1) is 23.8 Å². The predicted octanol–water partition coefficient (Wildman–Crippen LogP) is 5.07. The van der Waals surface area contributed by atoms with Crippen molar-refractivity contribution in [1.82, 2.24) is 4.90 Å². The molecule has 0 atom stereocenters. The van der Waals surface area contributed by atoms with Gasteiger partial charge in [-0.3, -0.25) is 19.3 Å². The Labute approximate surface area is 200 Å². The van der Waals surface area contributed by atoms with Crippen LogP contribution in [-0.2, 0) is 9.59 Å². The Hall–Kier alpha value is -3.40. The molecule has 1 aliphatic heterocycles. The van der Waals surface area contributed by atoms with Gasteiger partial charge >= 0.3 is 0 Å². The number of rotatable bonds is 9. The summed E-state index contributed by atoms with van der Waals surface area (Å²) in [5.74, 6) is -1.78. The largest absolute Gasteiger partial charge is 0.490 e. The molecule has 3 rings (SSSR count). The molecule has 1 N–H and O–H groups in total. The number of nitrogens with zero attached hydrogens (tertiary/aromatic N) is 1. The molecule has 10 heteroatoms. The summed E-state index contributed by atoms with van der Waals surface area (Å²) in [7, 11) is 0. The summed E-state index contributed by atoms with van der Waals surface area (Å²) < 4.78 is 38.2. The van der Waals surface area contributed by atoms with Crippen molar-refractivity contribution in [3.05, 3.63) is 58.5 Å². The first kappa shape index (κ1) is 25.2. The molecule has 2 aromatic carbocycles. The zero-order valence-corrected chi connectivity index (χ0v) is 19.7. The number of halogens is 2. The Morgan fingerprint density at radius 1 is 1.12 bits per heavy atom. The lowest BCUT2D eigenvalue weighted by molar-refractivity contribution is -0.127. The Balaban J connectivity index is 1.72. The minimum absolute atomic E-state index is 0.129. The van der Waals surface area contributed by atoms with E-state index in [1.54, 1.807) is 18.2 Å². The van der Waals surface area contributed by atoms with E-state index in [1.807, 2.05) is 20.8 Å². The SMILES string of the molecule is CCOc1cc(/C=C2\SC(=O)N(CC(=O)Nc3ccc(F)cc3F)C2=O)ccc1OCC(C)C. The standard InChI is InChI=1S/C24H24F2N2O5S/c1-4-32-20-9-15(5-8-19(20)33-13-14(2)3)10-21-23(30)28(24(31)34-21)12-22(29)27-18-7-6-16(25)11-17(18)26/h5-11,14H,4,12-13H2,1-3H3,(H,27,29)/b21-10-. The molecule has 1 saturated heterocycles. The van der Waals surface area contributed by atoms with Crippen LogP contribution in [0.15, 0.2) is 41.3 Å². The van der Waals surface area contributed by atoms with E-state index >= 15 is 0 Å².